The van der Waals surface area contributed by atoms with Crippen LogP contribution >= 0.6 is 0 Å². The molecule has 0 radical (unpaired) electrons. The number of halogens is 3. The first-order valence-electron chi connectivity index (χ1n) is 8.16. The molecule has 0 aliphatic rings. The summed E-state index contributed by atoms with van der Waals surface area (Å²) in [7, 11) is -4.00. The van der Waals surface area contributed by atoms with Gasteiger partial charge in [-0.1, -0.05) is 13.3 Å². The number of hydrogen-bond acceptors (Lipinski definition) is 3. The van der Waals surface area contributed by atoms with Crippen LogP contribution in [0.25, 0.3) is 11.1 Å². The summed E-state index contributed by atoms with van der Waals surface area (Å²) in [6, 6.07) is 5.34. The topological polar surface area (TPSA) is 66.4 Å². The molecular formula is C18H20F3NO3S. The van der Waals surface area contributed by atoms with Crippen molar-refractivity contribution < 1.29 is 26.7 Å². The molecule has 2 rings (SSSR count). The van der Waals surface area contributed by atoms with E-state index in [-0.39, 0.29) is 29.1 Å². The summed E-state index contributed by atoms with van der Waals surface area (Å²) < 4.78 is 68.5. The number of sulfonamides is 1. The van der Waals surface area contributed by atoms with Gasteiger partial charge in [0.1, 0.15) is 17.5 Å². The monoisotopic (exact) mass is 387 g/mol. The highest BCUT2D eigenvalue weighted by Gasteiger charge is 2.21. The van der Waals surface area contributed by atoms with Gasteiger partial charge in [0, 0.05) is 29.8 Å². The molecule has 0 fully saturated rings. The predicted octanol–water partition coefficient (Wildman–Crippen LogP) is 3.60. The Labute approximate surface area is 150 Å². The van der Waals surface area contributed by atoms with Gasteiger partial charge in [-0.2, -0.15) is 0 Å². The first kappa shape index (κ1) is 20.4. The van der Waals surface area contributed by atoms with Crippen LogP contribution < -0.4 is 4.72 Å². The molecule has 0 unspecified atom stereocenters. The van der Waals surface area contributed by atoms with Crippen molar-refractivity contribution in [2.75, 3.05) is 6.61 Å². The van der Waals surface area contributed by atoms with Crippen molar-refractivity contribution in [2.24, 2.45) is 0 Å². The first-order valence-corrected chi connectivity index (χ1v) is 9.65. The Morgan fingerprint density at radius 3 is 2.15 bits per heavy atom. The lowest BCUT2D eigenvalue weighted by molar-refractivity contribution is 0.268. The molecule has 26 heavy (non-hydrogen) atoms. The van der Waals surface area contributed by atoms with E-state index in [1.807, 2.05) is 6.92 Å². The Hall–Kier alpha value is -1.90. The molecule has 1 atom stereocenters. The molecule has 0 heterocycles. The predicted molar refractivity (Wildman–Crippen MR) is 92.5 cm³/mol. The van der Waals surface area contributed by atoms with Crippen LogP contribution in [0.1, 0.15) is 26.2 Å². The smallest absolute Gasteiger partial charge is 0.240 e. The second-order valence-electron chi connectivity index (χ2n) is 5.88. The van der Waals surface area contributed by atoms with Crippen LogP contribution in [0, 0.1) is 17.5 Å². The Balaban J connectivity index is 2.33. The van der Waals surface area contributed by atoms with E-state index in [4.69, 9.17) is 5.11 Å². The van der Waals surface area contributed by atoms with Crippen LogP contribution in [-0.2, 0) is 10.0 Å². The third kappa shape index (κ3) is 4.84. The van der Waals surface area contributed by atoms with E-state index in [1.165, 1.54) is 0 Å². The summed E-state index contributed by atoms with van der Waals surface area (Å²) in [6.07, 6.45) is 1.49. The summed E-state index contributed by atoms with van der Waals surface area (Å²) in [5.41, 5.74) is -0.327. The second-order valence-corrected chi connectivity index (χ2v) is 7.60. The molecule has 2 aromatic carbocycles. The van der Waals surface area contributed by atoms with Crippen molar-refractivity contribution in [3.63, 3.8) is 0 Å². The molecule has 4 nitrogen and oxygen atoms in total. The average Bonchev–Trinajstić information content (AvgIpc) is 2.55. The summed E-state index contributed by atoms with van der Waals surface area (Å²) in [5, 5.41) is 9.03. The molecule has 0 saturated heterocycles. The number of aliphatic hydroxyl groups is 1. The molecule has 2 N–H and O–H groups in total. The van der Waals surface area contributed by atoms with Crippen molar-refractivity contribution in [1.29, 1.82) is 0 Å². The molecule has 0 bridgehead atoms. The largest absolute Gasteiger partial charge is 0.396 e. The highest BCUT2D eigenvalue weighted by Crippen LogP contribution is 2.28. The molecule has 0 spiro atoms. The van der Waals surface area contributed by atoms with Gasteiger partial charge in [0.2, 0.25) is 10.0 Å². The molecule has 2 aromatic rings. The lowest BCUT2D eigenvalue weighted by Crippen LogP contribution is -2.35. The summed E-state index contributed by atoms with van der Waals surface area (Å²) in [4.78, 5) is -0.305. The third-order valence-corrected chi connectivity index (χ3v) is 5.43. The van der Waals surface area contributed by atoms with E-state index in [0.717, 1.165) is 30.3 Å². The van der Waals surface area contributed by atoms with Gasteiger partial charge in [-0.05, 0) is 43.2 Å². The fourth-order valence-corrected chi connectivity index (χ4v) is 3.96. The number of rotatable bonds is 8. The van der Waals surface area contributed by atoms with Crippen molar-refractivity contribution >= 4 is 10.0 Å². The van der Waals surface area contributed by atoms with Gasteiger partial charge in [-0.3, -0.25) is 0 Å². The van der Waals surface area contributed by atoms with E-state index in [9.17, 15) is 21.6 Å². The minimum Gasteiger partial charge on any atom is -0.396 e. The molecule has 0 aliphatic heterocycles. The Morgan fingerprint density at radius 2 is 1.62 bits per heavy atom. The van der Waals surface area contributed by atoms with Crippen molar-refractivity contribution in [1.82, 2.24) is 4.72 Å². The van der Waals surface area contributed by atoms with Crippen molar-refractivity contribution in [3.05, 3.63) is 53.8 Å². The zero-order chi connectivity index (χ0) is 19.3. The second kappa shape index (κ2) is 8.66. The van der Waals surface area contributed by atoms with Crippen LogP contribution in [0.2, 0.25) is 0 Å². The van der Waals surface area contributed by atoms with Crippen LogP contribution in [0.4, 0.5) is 13.2 Å². The summed E-state index contributed by atoms with van der Waals surface area (Å²) >= 11 is 0. The van der Waals surface area contributed by atoms with Crippen molar-refractivity contribution in [3.8, 4) is 11.1 Å². The lowest BCUT2D eigenvalue weighted by Gasteiger charge is -2.17. The summed E-state index contributed by atoms with van der Waals surface area (Å²) in [5.74, 6) is -2.67. The first-order chi connectivity index (χ1) is 12.3. The number of aliphatic hydroxyl groups excluding tert-OH is 1. The summed E-state index contributed by atoms with van der Waals surface area (Å²) in [6.45, 7) is 1.70. The molecule has 142 valence electrons. The number of hydrogen-bond donors (Lipinski definition) is 2. The minimum absolute atomic E-state index is 0.162. The molecule has 8 heteroatoms. The quantitative estimate of drug-likeness (QED) is 0.727. The van der Waals surface area contributed by atoms with Gasteiger partial charge in [0.15, 0.2) is 0 Å². The highest BCUT2D eigenvalue weighted by molar-refractivity contribution is 7.89. The van der Waals surface area contributed by atoms with Gasteiger partial charge in [0.05, 0.1) is 4.90 Å². The maximum atomic E-state index is 14.4. The van der Waals surface area contributed by atoms with Gasteiger partial charge < -0.3 is 5.11 Å². The standard InChI is InChI=1S/C18H20F3NO3S/c1-2-3-13(8-9-23)22-26(24,25)14-5-7-16(18(21)11-14)15-6-4-12(19)10-17(15)20/h4-7,10-11,13,22-23H,2-3,8-9H2,1H3/t13-/m1/s1. The molecule has 0 saturated carbocycles. The molecular weight excluding hydrogens is 367 g/mol. The van der Waals surface area contributed by atoms with Gasteiger partial charge in [-0.15, -0.1) is 0 Å². The Kier molecular flexibility index (Phi) is 6.80. The maximum absolute atomic E-state index is 14.4. The van der Waals surface area contributed by atoms with Crippen molar-refractivity contribution in [2.45, 2.75) is 37.1 Å². The fraction of sp³-hybridized carbons (Fsp3) is 0.333. The zero-order valence-electron chi connectivity index (χ0n) is 14.2. The average molecular weight is 387 g/mol. The van der Waals surface area contributed by atoms with E-state index < -0.39 is 33.5 Å². The van der Waals surface area contributed by atoms with Gasteiger partial charge in [0.25, 0.3) is 0 Å². The maximum Gasteiger partial charge on any atom is 0.240 e. The van der Waals surface area contributed by atoms with E-state index in [2.05, 4.69) is 4.72 Å². The third-order valence-electron chi connectivity index (χ3n) is 3.91. The highest BCUT2D eigenvalue weighted by atomic mass is 32.2. The van der Waals surface area contributed by atoms with E-state index in [0.29, 0.717) is 18.9 Å². The fourth-order valence-electron chi connectivity index (χ4n) is 2.64. The normalized spacial score (nSPS) is 13.0. The zero-order valence-corrected chi connectivity index (χ0v) is 15.0. The van der Waals surface area contributed by atoms with Crippen LogP contribution in [-0.4, -0.2) is 26.2 Å². The Bertz CT molecular complexity index is 866. The molecule has 0 aliphatic carbocycles. The van der Waals surface area contributed by atoms with Crippen LogP contribution in [0.15, 0.2) is 41.3 Å². The number of nitrogens with one attached hydrogen (secondary N) is 1. The van der Waals surface area contributed by atoms with Gasteiger partial charge >= 0.3 is 0 Å². The lowest BCUT2D eigenvalue weighted by atomic mass is 10.0. The minimum atomic E-state index is -4.00. The van der Waals surface area contributed by atoms with E-state index >= 15 is 0 Å². The SMILES string of the molecule is CCC[C@H](CCO)NS(=O)(=O)c1ccc(-c2ccc(F)cc2F)c(F)c1. The molecule has 0 amide bonds. The Morgan fingerprint density at radius 1 is 1.00 bits per heavy atom. The van der Waals surface area contributed by atoms with Crippen LogP contribution in [0.5, 0.6) is 0 Å². The molecule has 0 aromatic heterocycles. The van der Waals surface area contributed by atoms with Crippen LogP contribution in [0.3, 0.4) is 0 Å². The van der Waals surface area contributed by atoms with E-state index in [1.54, 1.807) is 0 Å². The van der Waals surface area contributed by atoms with Gasteiger partial charge in [-0.25, -0.2) is 26.3 Å². The number of benzene rings is 2.